The van der Waals surface area contributed by atoms with Gasteiger partial charge in [0.2, 0.25) is 0 Å². The van der Waals surface area contributed by atoms with E-state index >= 15 is 0 Å². The van der Waals surface area contributed by atoms with Crippen LogP contribution in [0.2, 0.25) is 0 Å². The molecule has 66 valence electrons. The van der Waals surface area contributed by atoms with Crippen molar-refractivity contribution in [2.75, 3.05) is 0 Å². The van der Waals surface area contributed by atoms with Crippen LogP contribution in [0, 0.1) is 6.92 Å². The van der Waals surface area contributed by atoms with E-state index in [-0.39, 0.29) is 16.6 Å². The lowest BCUT2D eigenvalue weighted by molar-refractivity contribution is 0.112. The van der Waals surface area contributed by atoms with E-state index < -0.39 is 0 Å². The highest BCUT2D eigenvalue weighted by molar-refractivity contribution is 5.92. The zero-order valence-corrected chi connectivity index (χ0v) is 6.79. The van der Waals surface area contributed by atoms with Crippen LogP contribution in [0.1, 0.15) is 16.3 Å². The maximum atomic E-state index is 11.3. The summed E-state index contributed by atoms with van der Waals surface area (Å²) in [4.78, 5) is 28.2. The highest BCUT2D eigenvalue weighted by Crippen LogP contribution is 2.05. The van der Waals surface area contributed by atoms with Crippen LogP contribution >= 0.6 is 0 Å². The van der Waals surface area contributed by atoms with Crippen molar-refractivity contribution in [1.82, 2.24) is 20.2 Å². The number of rotatable bonds is 1. The first-order valence-electron chi connectivity index (χ1n) is 3.62. The maximum absolute atomic E-state index is 11.3. The van der Waals surface area contributed by atoms with E-state index in [1.54, 1.807) is 6.92 Å². The van der Waals surface area contributed by atoms with E-state index in [4.69, 9.17) is 0 Å². The van der Waals surface area contributed by atoms with Gasteiger partial charge in [-0.15, -0.1) is 0 Å². The predicted molar refractivity (Wildman–Crippen MR) is 44.6 cm³/mol. The Kier molecular flexibility index (Phi) is 1.48. The van der Waals surface area contributed by atoms with Gasteiger partial charge in [-0.3, -0.25) is 14.7 Å². The summed E-state index contributed by atoms with van der Waals surface area (Å²) in [6.07, 6.45) is 0.519. The first kappa shape index (κ1) is 7.66. The molecule has 2 rings (SSSR count). The van der Waals surface area contributed by atoms with E-state index in [9.17, 15) is 9.59 Å². The summed E-state index contributed by atoms with van der Waals surface area (Å²) in [6.45, 7) is 1.66. The molecule has 6 nitrogen and oxygen atoms in total. The standard InChI is InChI=1S/C7H6N4O2/c1-3-8-6-5(7(13)9-3)4(2-12)10-11-6/h2H,1H3,(H2,8,9,10,11,13). The van der Waals surface area contributed by atoms with E-state index in [1.165, 1.54) is 0 Å². The minimum absolute atomic E-state index is 0.0868. The lowest BCUT2D eigenvalue weighted by Gasteiger charge is -1.90. The third kappa shape index (κ3) is 1.03. The molecular formula is C7H6N4O2. The van der Waals surface area contributed by atoms with Crippen molar-refractivity contribution in [3.8, 4) is 0 Å². The molecule has 0 unspecified atom stereocenters. The fourth-order valence-corrected chi connectivity index (χ4v) is 1.16. The van der Waals surface area contributed by atoms with Crippen molar-refractivity contribution in [2.24, 2.45) is 0 Å². The highest BCUT2D eigenvalue weighted by Gasteiger charge is 2.09. The Bertz CT molecular complexity index is 525. The average molecular weight is 178 g/mol. The van der Waals surface area contributed by atoms with Crippen LogP contribution in [0.5, 0.6) is 0 Å². The SMILES string of the molecule is Cc1nc2[nH]nc(C=O)c2c(=O)[nH]1. The molecular weight excluding hydrogens is 172 g/mol. The second-order valence-electron chi connectivity index (χ2n) is 2.60. The van der Waals surface area contributed by atoms with Gasteiger partial charge >= 0.3 is 0 Å². The van der Waals surface area contributed by atoms with Crippen LogP contribution < -0.4 is 5.56 Å². The van der Waals surface area contributed by atoms with Gasteiger partial charge in [0.25, 0.3) is 5.56 Å². The van der Waals surface area contributed by atoms with Crippen LogP contribution in [-0.4, -0.2) is 26.5 Å². The molecule has 0 radical (unpaired) electrons. The summed E-state index contributed by atoms with van der Waals surface area (Å²) in [5.41, 5.74) is 0.0745. The van der Waals surface area contributed by atoms with Crippen LogP contribution in [0.25, 0.3) is 11.0 Å². The number of aryl methyl sites for hydroxylation is 1. The number of carbonyl (C=O) groups is 1. The normalized spacial score (nSPS) is 10.5. The molecule has 0 bridgehead atoms. The van der Waals surface area contributed by atoms with Gasteiger partial charge in [-0.1, -0.05) is 0 Å². The quantitative estimate of drug-likeness (QED) is 0.590. The summed E-state index contributed by atoms with van der Waals surface area (Å²) in [5, 5.41) is 6.36. The Balaban J connectivity index is 2.98. The van der Waals surface area contributed by atoms with Gasteiger partial charge in [0, 0.05) is 0 Å². The molecule has 0 aliphatic heterocycles. The number of H-pyrrole nitrogens is 2. The zero-order chi connectivity index (χ0) is 9.42. The molecule has 6 heteroatoms. The van der Waals surface area contributed by atoms with Crippen molar-refractivity contribution in [1.29, 1.82) is 0 Å². The number of aromatic amines is 2. The smallest absolute Gasteiger partial charge is 0.262 e. The zero-order valence-electron chi connectivity index (χ0n) is 6.79. The highest BCUT2D eigenvalue weighted by atomic mass is 16.1. The van der Waals surface area contributed by atoms with Gasteiger partial charge in [0.15, 0.2) is 11.9 Å². The molecule has 0 fully saturated rings. The molecule has 0 atom stereocenters. The molecule has 0 amide bonds. The number of aldehydes is 1. The van der Waals surface area contributed by atoms with Crippen molar-refractivity contribution in [2.45, 2.75) is 6.92 Å². The molecule has 0 aliphatic carbocycles. The molecule has 0 saturated carbocycles. The predicted octanol–water partition coefficient (Wildman–Crippen LogP) is -0.233. The van der Waals surface area contributed by atoms with Crippen molar-refractivity contribution in [3.05, 3.63) is 21.9 Å². The molecule has 2 aromatic rings. The molecule has 2 aromatic heterocycles. The molecule has 0 aromatic carbocycles. The lowest BCUT2D eigenvalue weighted by Crippen LogP contribution is -2.09. The maximum Gasteiger partial charge on any atom is 0.262 e. The topological polar surface area (TPSA) is 91.5 Å². The van der Waals surface area contributed by atoms with Crippen LogP contribution in [-0.2, 0) is 0 Å². The van der Waals surface area contributed by atoms with Gasteiger partial charge in [0.05, 0.1) is 0 Å². The van der Waals surface area contributed by atoms with Crippen molar-refractivity contribution < 1.29 is 4.79 Å². The summed E-state index contributed by atoms with van der Waals surface area (Å²) >= 11 is 0. The van der Waals surface area contributed by atoms with Gasteiger partial charge in [-0.2, -0.15) is 5.10 Å². The summed E-state index contributed by atoms with van der Waals surface area (Å²) < 4.78 is 0. The van der Waals surface area contributed by atoms with Crippen LogP contribution in [0.15, 0.2) is 4.79 Å². The monoisotopic (exact) mass is 178 g/mol. The van der Waals surface area contributed by atoms with E-state index in [0.717, 1.165) is 0 Å². The number of fused-ring (bicyclic) bond motifs is 1. The summed E-state index contributed by atoms with van der Waals surface area (Å²) in [7, 11) is 0. The third-order valence-electron chi connectivity index (χ3n) is 1.69. The first-order chi connectivity index (χ1) is 6.22. The minimum atomic E-state index is -0.349. The Morgan fingerprint density at radius 1 is 1.46 bits per heavy atom. The number of carbonyl (C=O) groups excluding carboxylic acids is 1. The molecule has 0 spiro atoms. The van der Waals surface area contributed by atoms with Gasteiger partial charge in [0.1, 0.15) is 16.9 Å². The fourth-order valence-electron chi connectivity index (χ4n) is 1.16. The Hall–Kier alpha value is -1.98. The molecule has 2 N–H and O–H groups in total. The number of nitrogens with one attached hydrogen (secondary N) is 2. The fraction of sp³-hybridized carbons (Fsp3) is 0.143. The van der Waals surface area contributed by atoms with Gasteiger partial charge in [-0.25, -0.2) is 4.98 Å². The average Bonchev–Trinajstić information content (AvgIpc) is 2.47. The van der Waals surface area contributed by atoms with Crippen molar-refractivity contribution in [3.63, 3.8) is 0 Å². The minimum Gasteiger partial charge on any atom is -0.310 e. The number of hydrogen-bond acceptors (Lipinski definition) is 4. The number of hydrogen-bond donors (Lipinski definition) is 2. The van der Waals surface area contributed by atoms with Crippen molar-refractivity contribution >= 4 is 17.3 Å². The molecule has 0 saturated heterocycles. The van der Waals surface area contributed by atoms with E-state index in [2.05, 4.69) is 20.2 Å². The Morgan fingerprint density at radius 3 is 2.92 bits per heavy atom. The second kappa shape index (κ2) is 2.51. The third-order valence-corrected chi connectivity index (χ3v) is 1.69. The largest absolute Gasteiger partial charge is 0.310 e. The molecule has 13 heavy (non-hydrogen) atoms. The second-order valence-corrected chi connectivity index (χ2v) is 2.60. The Morgan fingerprint density at radius 2 is 2.23 bits per heavy atom. The summed E-state index contributed by atoms with van der Waals surface area (Å²) in [6, 6.07) is 0. The molecule has 0 aliphatic rings. The van der Waals surface area contributed by atoms with Gasteiger partial charge in [-0.05, 0) is 6.92 Å². The van der Waals surface area contributed by atoms with Crippen LogP contribution in [0.3, 0.4) is 0 Å². The van der Waals surface area contributed by atoms with E-state index in [0.29, 0.717) is 17.8 Å². The first-order valence-corrected chi connectivity index (χ1v) is 3.62. The Labute approximate surface area is 72.0 Å². The molecule has 2 heterocycles. The lowest BCUT2D eigenvalue weighted by atomic mass is 10.3. The van der Waals surface area contributed by atoms with Gasteiger partial charge < -0.3 is 4.98 Å². The van der Waals surface area contributed by atoms with E-state index in [1.807, 2.05) is 0 Å². The van der Waals surface area contributed by atoms with Crippen LogP contribution in [0.4, 0.5) is 0 Å². The summed E-state index contributed by atoms with van der Waals surface area (Å²) in [5.74, 6) is 0.485. The number of nitrogens with zero attached hydrogens (tertiary/aromatic N) is 2. The number of aromatic nitrogens is 4.